The number of halogens is 2. The van der Waals surface area contributed by atoms with Crippen LogP contribution in [0.15, 0.2) is 51.4 Å². The molecule has 5 heteroatoms. The van der Waals surface area contributed by atoms with Gasteiger partial charge in [-0.25, -0.2) is 9.18 Å². The Hall–Kier alpha value is -2.14. The van der Waals surface area contributed by atoms with Crippen molar-refractivity contribution in [3.8, 4) is 11.3 Å². The molecule has 0 fully saturated rings. The third-order valence-electron chi connectivity index (χ3n) is 3.24. The second-order valence-electron chi connectivity index (χ2n) is 4.67. The summed E-state index contributed by atoms with van der Waals surface area (Å²) < 4.78 is 25.1. The van der Waals surface area contributed by atoms with E-state index in [-0.39, 0.29) is 6.61 Å². The van der Waals surface area contributed by atoms with Crippen molar-refractivity contribution in [3.63, 3.8) is 0 Å². The first kappa shape index (κ1) is 18.2. The highest BCUT2D eigenvalue weighted by Crippen LogP contribution is 2.35. The van der Waals surface area contributed by atoms with Crippen molar-refractivity contribution in [2.24, 2.45) is 0 Å². The normalized spacial score (nSPS) is 10.2. The van der Waals surface area contributed by atoms with Crippen LogP contribution in [0.4, 0.5) is 4.39 Å². The number of hydrogen-bond acceptors (Lipinski definition) is 3. The van der Waals surface area contributed by atoms with Gasteiger partial charge in [0.05, 0.1) is 6.61 Å². The largest absolute Gasteiger partial charge is 0.462 e. The molecule has 0 amide bonds. The van der Waals surface area contributed by atoms with Crippen LogP contribution in [0.25, 0.3) is 22.3 Å². The summed E-state index contributed by atoms with van der Waals surface area (Å²) in [5, 5.41) is 0.540. The van der Waals surface area contributed by atoms with E-state index in [0.29, 0.717) is 22.3 Å². The van der Waals surface area contributed by atoms with E-state index in [2.05, 4.69) is 15.9 Å². The molecular formula is C19H18BrFO3. The van der Waals surface area contributed by atoms with Crippen molar-refractivity contribution in [1.82, 2.24) is 0 Å². The van der Waals surface area contributed by atoms with Gasteiger partial charge in [0.15, 0.2) is 0 Å². The number of esters is 1. The lowest BCUT2D eigenvalue weighted by Crippen LogP contribution is -2.05. The van der Waals surface area contributed by atoms with Crippen LogP contribution in [0.2, 0.25) is 0 Å². The van der Waals surface area contributed by atoms with Gasteiger partial charge in [-0.3, -0.25) is 0 Å². The van der Waals surface area contributed by atoms with Gasteiger partial charge in [0.1, 0.15) is 22.7 Å². The van der Waals surface area contributed by atoms with E-state index in [4.69, 9.17) is 9.15 Å². The van der Waals surface area contributed by atoms with Crippen molar-refractivity contribution >= 4 is 32.9 Å². The van der Waals surface area contributed by atoms with Crippen molar-refractivity contribution in [2.45, 2.75) is 20.8 Å². The lowest BCUT2D eigenvalue weighted by atomic mass is 10.1. The highest BCUT2D eigenvalue weighted by atomic mass is 79.9. The molecule has 0 aliphatic heterocycles. The fraction of sp³-hybridized carbons (Fsp3) is 0.211. The summed E-state index contributed by atoms with van der Waals surface area (Å²) in [6.45, 7) is 5.99. The molecule has 0 aliphatic rings. The molecule has 0 radical (unpaired) electrons. The third kappa shape index (κ3) is 3.67. The summed E-state index contributed by atoms with van der Waals surface area (Å²) in [6.07, 6.45) is 0. The Morgan fingerprint density at radius 3 is 2.46 bits per heavy atom. The number of benzene rings is 2. The smallest absolute Gasteiger partial charge is 0.342 e. The first-order valence-electron chi connectivity index (χ1n) is 7.75. The van der Waals surface area contributed by atoms with Crippen LogP contribution in [0.3, 0.4) is 0 Å². The van der Waals surface area contributed by atoms with E-state index >= 15 is 0 Å². The quantitative estimate of drug-likeness (QED) is 0.497. The lowest BCUT2D eigenvalue weighted by molar-refractivity contribution is 0.0528. The molecule has 3 rings (SSSR count). The maximum atomic E-state index is 13.4. The van der Waals surface area contributed by atoms with Crippen LogP contribution in [-0.2, 0) is 4.74 Å². The molecule has 24 heavy (non-hydrogen) atoms. The van der Waals surface area contributed by atoms with Gasteiger partial charge < -0.3 is 9.15 Å². The van der Waals surface area contributed by atoms with Crippen LogP contribution in [0.5, 0.6) is 0 Å². The molecule has 0 unspecified atom stereocenters. The average molecular weight is 393 g/mol. The molecule has 0 saturated heterocycles. The minimum Gasteiger partial charge on any atom is -0.462 e. The summed E-state index contributed by atoms with van der Waals surface area (Å²) >= 11 is 3.36. The van der Waals surface area contributed by atoms with Gasteiger partial charge in [0.2, 0.25) is 0 Å². The van der Waals surface area contributed by atoms with Gasteiger partial charge >= 0.3 is 5.97 Å². The Morgan fingerprint density at radius 2 is 1.83 bits per heavy atom. The predicted molar refractivity (Wildman–Crippen MR) is 96.6 cm³/mol. The molecule has 0 saturated carbocycles. The number of rotatable bonds is 3. The van der Waals surface area contributed by atoms with Crippen LogP contribution in [0.1, 0.15) is 31.1 Å². The number of carbonyl (C=O) groups excluding carboxylic acids is 1. The molecule has 1 heterocycles. The first-order chi connectivity index (χ1) is 11.6. The zero-order valence-electron chi connectivity index (χ0n) is 13.7. The van der Waals surface area contributed by atoms with E-state index in [9.17, 15) is 9.18 Å². The number of furan rings is 1. The average Bonchev–Trinajstić information content (AvgIpc) is 2.96. The van der Waals surface area contributed by atoms with Crippen molar-refractivity contribution in [1.29, 1.82) is 0 Å². The summed E-state index contributed by atoms with van der Waals surface area (Å²) in [4.78, 5) is 12.3. The van der Waals surface area contributed by atoms with E-state index in [0.717, 1.165) is 10.0 Å². The molecule has 0 bridgehead atoms. The van der Waals surface area contributed by atoms with Gasteiger partial charge in [0.25, 0.3) is 0 Å². The fourth-order valence-electron chi connectivity index (χ4n) is 2.28. The van der Waals surface area contributed by atoms with Gasteiger partial charge in [-0.2, -0.15) is 0 Å². The minimum atomic E-state index is -0.481. The minimum absolute atomic E-state index is 0.256. The Labute approximate surface area is 148 Å². The molecule has 1 aromatic heterocycles. The molecule has 2 aromatic carbocycles. The van der Waals surface area contributed by atoms with Crippen LogP contribution in [0, 0.1) is 5.82 Å². The zero-order chi connectivity index (χ0) is 17.7. The Morgan fingerprint density at radius 1 is 1.17 bits per heavy atom. The number of carbonyl (C=O) groups is 1. The molecular weight excluding hydrogens is 375 g/mol. The summed E-state index contributed by atoms with van der Waals surface area (Å²) in [6, 6.07) is 11.4. The first-order valence-corrected chi connectivity index (χ1v) is 8.54. The van der Waals surface area contributed by atoms with Gasteiger partial charge in [-0.15, -0.1) is 0 Å². The van der Waals surface area contributed by atoms with E-state index in [1.54, 1.807) is 6.92 Å². The number of fused-ring (bicyclic) bond motifs is 1. The van der Waals surface area contributed by atoms with Crippen LogP contribution in [-0.4, -0.2) is 12.6 Å². The van der Waals surface area contributed by atoms with E-state index < -0.39 is 11.8 Å². The topological polar surface area (TPSA) is 39.4 Å². The number of hydrogen-bond donors (Lipinski definition) is 0. The number of ether oxygens (including phenoxy) is 1. The van der Waals surface area contributed by atoms with E-state index in [1.807, 2.05) is 38.1 Å². The highest BCUT2D eigenvalue weighted by Gasteiger charge is 2.23. The maximum absolute atomic E-state index is 13.4. The highest BCUT2D eigenvalue weighted by molar-refractivity contribution is 9.10. The van der Waals surface area contributed by atoms with Crippen LogP contribution >= 0.6 is 15.9 Å². The van der Waals surface area contributed by atoms with E-state index in [1.165, 1.54) is 18.2 Å². The monoisotopic (exact) mass is 392 g/mol. The van der Waals surface area contributed by atoms with Crippen molar-refractivity contribution in [3.05, 3.63) is 58.3 Å². The van der Waals surface area contributed by atoms with Crippen LogP contribution < -0.4 is 0 Å². The Bertz CT molecular complexity index is 838. The Kier molecular flexibility index (Phi) is 6.15. The molecule has 0 spiro atoms. The molecule has 126 valence electrons. The van der Waals surface area contributed by atoms with Crippen molar-refractivity contribution < 1.29 is 18.3 Å². The molecule has 3 nitrogen and oxygen atoms in total. The fourth-order valence-corrected chi connectivity index (χ4v) is 2.55. The maximum Gasteiger partial charge on any atom is 0.342 e. The SMILES string of the molecule is CC.CCOC(=O)c1c(-c2ccc(Br)cc2)oc2cc(F)ccc12. The van der Waals surface area contributed by atoms with Crippen molar-refractivity contribution in [2.75, 3.05) is 6.61 Å². The second-order valence-corrected chi connectivity index (χ2v) is 5.59. The lowest BCUT2D eigenvalue weighted by Gasteiger charge is -2.03. The zero-order valence-corrected chi connectivity index (χ0v) is 15.3. The Balaban J connectivity index is 0.00000100. The predicted octanol–water partition coefficient (Wildman–Crippen LogP) is 6.20. The molecule has 0 aliphatic carbocycles. The van der Waals surface area contributed by atoms with Gasteiger partial charge in [-0.1, -0.05) is 41.9 Å². The molecule has 3 aromatic rings. The molecule has 0 atom stereocenters. The van der Waals surface area contributed by atoms with Gasteiger partial charge in [0, 0.05) is 21.5 Å². The molecule has 0 N–H and O–H groups in total. The summed E-state index contributed by atoms with van der Waals surface area (Å²) in [7, 11) is 0. The summed E-state index contributed by atoms with van der Waals surface area (Å²) in [5.74, 6) is -0.517. The third-order valence-corrected chi connectivity index (χ3v) is 3.77. The second kappa shape index (κ2) is 8.11. The van der Waals surface area contributed by atoms with Gasteiger partial charge in [-0.05, 0) is 31.2 Å². The standard InChI is InChI=1S/C17H12BrFO3.C2H6/c1-2-21-17(20)15-13-8-7-12(19)9-14(13)22-16(15)10-3-5-11(18)6-4-10;1-2/h3-9H,2H2,1H3;1-2H3. The summed E-state index contributed by atoms with van der Waals surface area (Å²) in [5.41, 5.74) is 1.36.